The fraction of sp³-hybridized carbons (Fsp3) is 0.273. The number of carbonyl (C=O) groups excluding carboxylic acids is 1. The van der Waals surface area contributed by atoms with Gasteiger partial charge in [0.2, 0.25) is 5.91 Å². The van der Waals surface area contributed by atoms with Crippen molar-refractivity contribution in [2.75, 3.05) is 25.6 Å². The summed E-state index contributed by atoms with van der Waals surface area (Å²) in [5.74, 6) is 0.988. The average Bonchev–Trinajstić information content (AvgIpc) is 2.72. The highest BCUT2D eigenvalue weighted by Crippen LogP contribution is 2.33. The van der Waals surface area contributed by atoms with Crippen LogP contribution >= 0.6 is 0 Å². The van der Waals surface area contributed by atoms with Gasteiger partial charge in [0.05, 0.1) is 32.0 Å². The summed E-state index contributed by atoms with van der Waals surface area (Å²) in [6.45, 7) is 4.43. The number of allylic oxidation sites excluding steroid dienone is 1. The van der Waals surface area contributed by atoms with Gasteiger partial charge in [0.1, 0.15) is 11.5 Å². The molecule has 0 atom stereocenters. The molecule has 0 radical (unpaired) electrons. The second-order valence-electron chi connectivity index (χ2n) is 5.96. The number of aryl methyl sites for hydroxylation is 1. The number of hydrogen-bond acceptors (Lipinski definition) is 5. The van der Waals surface area contributed by atoms with E-state index in [-0.39, 0.29) is 12.5 Å². The van der Waals surface area contributed by atoms with Gasteiger partial charge >= 0.3 is 0 Å². The fourth-order valence-corrected chi connectivity index (χ4v) is 2.88. The van der Waals surface area contributed by atoms with Crippen molar-refractivity contribution < 1.29 is 14.3 Å². The number of carbonyl (C=O) groups is 1. The second-order valence-corrected chi connectivity index (χ2v) is 5.96. The highest BCUT2D eigenvalue weighted by Gasteiger charge is 2.13. The van der Waals surface area contributed by atoms with Gasteiger partial charge < -0.3 is 20.5 Å². The lowest BCUT2D eigenvalue weighted by molar-refractivity contribution is -0.114. The van der Waals surface area contributed by atoms with Crippen LogP contribution in [0.2, 0.25) is 0 Å². The standard InChI is InChI=1S/C22H25N3O3/c1-4-15-6-7-17(13-21(15)28-5-2)18(10-11-23)16-8-9-20(27-3)19(12-16)25-22(26)14-24/h6-10,12-13H,4-5,14,24H2,1-3H3,(H,25,26)/b18-10-. The molecule has 6 nitrogen and oxygen atoms in total. The smallest absolute Gasteiger partial charge is 0.238 e. The number of anilines is 1. The minimum atomic E-state index is -0.327. The summed E-state index contributed by atoms with van der Waals surface area (Å²) in [5.41, 5.74) is 9.33. The maximum atomic E-state index is 11.7. The molecule has 0 saturated carbocycles. The van der Waals surface area contributed by atoms with Crippen LogP contribution in [-0.4, -0.2) is 26.2 Å². The normalized spacial score (nSPS) is 10.9. The maximum Gasteiger partial charge on any atom is 0.238 e. The van der Waals surface area contributed by atoms with Crippen LogP contribution in [0.4, 0.5) is 5.69 Å². The molecule has 0 bridgehead atoms. The third-order valence-electron chi connectivity index (χ3n) is 4.24. The Hall–Kier alpha value is -3.30. The summed E-state index contributed by atoms with van der Waals surface area (Å²) >= 11 is 0. The second kappa shape index (κ2) is 10.1. The number of nitrogens with zero attached hydrogens (tertiary/aromatic N) is 1. The lowest BCUT2D eigenvalue weighted by Crippen LogP contribution is -2.22. The number of nitrogens with one attached hydrogen (secondary N) is 1. The third kappa shape index (κ3) is 4.90. The van der Waals surface area contributed by atoms with Crippen molar-refractivity contribution in [2.45, 2.75) is 20.3 Å². The minimum absolute atomic E-state index is 0.134. The van der Waals surface area contributed by atoms with Crippen LogP contribution in [0.15, 0.2) is 42.5 Å². The van der Waals surface area contributed by atoms with Crippen LogP contribution in [0.25, 0.3) is 5.57 Å². The van der Waals surface area contributed by atoms with Gasteiger partial charge in [0, 0.05) is 6.08 Å². The first-order valence-corrected chi connectivity index (χ1v) is 9.12. The van der Waals surface area contributed by atoms with Crippen molar-refractivity contribution >= 4 is 17.2 Å². The van der Waals surface area contributed by atoms with Crippen LogP contribution in [0, 0.1) is 11.3 Å². The molecule has 0 aliphatic carbocycles. The Bertz CT molecular complexity index is 914. The van der Waals surface area contributed by atoms with E-state index in [1.54, 1.807) is 12.1 Å². The van der Waals surface area contributed by atoms with Gasteiger partial charge in [-0.2, -0.15) is 5.26 Å². The van der Waals surface area contributed by atoms with Crippen molar-refractivity contribution in [3.63, 3.8) is 0 Å². The molecule has 0 unspecified atom stereocenters. The van der Waals surface area contributed by atoms with Crippen molar-refractivity contribution in [2.24, 2.45) is 5.73 Å². The van der Waals surface area contributed by atoms with Crippen molar-refractivity contribution in [1.29, 1.82) is 5.26 Å². The molecule has 1 amide bonds. The quantitative estimate of drug-likeness (QED) is 0.684. The molecule has 0 aromatic heterocycles. The zero-order valence-electron chi connectivity index (χ0n) is 16.4. The van der Waals surface area contributed by atoms with E-state index in [9.17, 15) is 10.1 Å². The molecule has 28 heavy (non-hydrogen) atoms. The average molecular weight is 379 g/mol. The van der Waals surface area contributed by atoms with Crippen LogP contribution in [-0.2, 0) is 11.2 Å². The monoisotopic (exact) mass is 379 g/mol. The van der Waals surface area contributed by atoms with Crippen LogP contribution in [0.5, 0.6) is 11.5 Å². The Balaban J connectivity index is 2.54. The predicted octanol–water partition coefficient (Wildman–Crippen LogP) is 3.51. The summed E-state index contributed by atoms with van der Waals surface area (Å²) in [7, 11) is 1.52. The SMILES string of the molecule is CCOc1cc(/C(=C\C#N)c2ccc(OC)c(NC(=O)CN)c2)ccc1CC. The van der Waals surface area contributed by atoms with E-state index in [1.165, 1.54) is 13.2 Å². The summed E-state index contributed by atoms with van der Waals surface area (Å²) < 4.78 is 11.1. The Morgan fingerprint density at radius 3 is 2.50 bits per heavy atom. The number of nitrogens with two attached hydrogens (primary N) is 1. The Labute approximate surface area is 165 Å². The molecule has 2 rings (SSSR count). The summed E-state index contributed by atoms with van der Waals surface area (Å²) in [6.07, 6.45) is 2.33. The highest BCUT2D eigenvalue weighted by atomic mass is 16.5. The van der Waals surface area contributed by atoms with Gasteiger partial charge in [-0.15, -0.1) is 0 Å². The number of amides is 1. The first-order chi connectivity index (χ1) is 13.6. The Morgan fingerprint density at radius 1 is 1.18 bits per heavy atom. The van der Waals surface area contributed by atoms with Crippen molar-refractivity contribution in [3.8, 4) is 17.6 Å². The molecule has 146 valence electrons. The molecular formula is C22H25N3O3. The summed E-state index contributed by atoms with van der Waals surface area (Å²) in [6, 6.07) is 13.4. The van der Waals surface area contributed by atoms with E-state index >= 15 is 0 Å². The molecule has 0 aliphatic rings. The zero-order chi connectivity index (χ0) is 20.5. The van der Waals surface area contributed by atoms with E-state index in [0.717, 1.165) is 34.4 Å². The molecule has 2 aromatic rings. The molecule has 0 spiro atoms. The molecule has 0 aliphatic heterocycles. The number of methoxy groups -OCH3 is 1. The first kappa shape index (κ1) is 21.0. The number of rotatable bonds is 8. The largest absolute Gasteiger partial charge is 0.495 e. The number of benzene rings is 2. The minimum Gasteiger partial charge on any atom is -0.495 e. The van der Waals surface area contributed by atoms with E-state index in [4.69, 9.17) is 15.2 Å². The van der Waals surface area contributed by atoms with Crippen molar-refractivity contribution in [3.05, 3.63) is 59.2 Å². The number of ether oxygens (including phenoxy) is 2. The molecule has 0 saturated heterocycles. The first-order valence-electron chi connectivity index (χ1n) is 9.12. The van der Waals surface area contributed by atoms with E-state index in [0.29, 0.717) is 18.0 Å². The van der Waals surface area contributed by atoms with Crippen LogP contribution in [0.1, 0.15) is 30.5 Å². The molecule has 3 N–H and O–H groups in total. The third-order valence-corrected chi connectivity index (χ3v) is 4.24. The van der Waals surface area contributed by atoms with Gasteiger partial charge in [-0.1, -0.05) is 25.1 Å². The zero-order valence-corrected chi connectivity index (χ0v) is 16.4. The fourth-order valence-electron chi connectivity index (χ4n) is 2.88. The summed E-state index contributed by atoms with van der Waals surface area (Å²) in [4.78, 5) is 11.7. The van der Waals surface area contributed by atoms with Gasteiger partial charge in [0.15, 0.2) is 0 Å². The molecular weight excluding hydrogens is 354 g/mol. The van der Waals surface area contributed by atoms with Gasteiger partial charge in [-0.25, -0.2) is 0 Å². The topological polar surface area (TPSA) is 97.4 Å². The van der Waals surface area contributed by atoms with Crippen molar-refractivity contribution in [1.82, 2.24) is 0 Å². The molecule has 0 fully saturated rings. The van der Waals surface area contributed by atoms with Crippen LogP contribution < -0.4 is 20.5 Å². The van der Waals surface area contributed by atoms with Crippen LogP contribution in [0.3, 0.4) is 0 Å². The predicted molar refractivity (Wildman–Crippen MR) is 110 cm³/mol. The van der Waals surface area contributed by atoms with E-state index < -0.39 is 0 Å². The van der Waals surface area contributed by atoms with E-state index in [2.05, 4.69) is 18.3 Å². The Morgan fingerprint density at radius 2 is 1.89 bits per heavy atom. The van der Waals surface area contributed by atoms with Gasteiger partial charge in [0.25, 0.3) is 0 Å². The molecule has 2 aromatic carbocycles. The van der Waals surface area contributed by atoms with E-state index in [1.807, 2.05) is 31.2 Å². The maximum absolute atomic E-state index is 11.7. The lowest BCUT2D eigenvalue weighted by atomic mass is 9.95. The number of hydrogen-bond donors (Lipinski definition) is 2. The van der Waals surface area contributed by atoms with Gasteiger partial charge in [-0.05, 0) is 53.8 Å². The number of nitriles is 1. The molecule has 6 heteroatoms. The molecule has 0 heterocycles. The summed E-state index contributed by atoms with van der Waals surface area (Å²) in [5, 5.41) is 12.0. The van der Waals surface area contributed by atoms with Gasteiger partial charge in [-0.3, -0.25) is 4.79 Å². The highest BCUT2D eigenvalue weighted by molar-refractivity contribution is 5.95. The lowest BCUT2D eigenvalue weighted by Gasteiger charge is -2.15. The Kier molecular flexibility index (Phi) is 7.61.